The first-order valence-corrected chi connectivity index (χ1v) is 8.09. The number of benzene rings is 1. The van der Waals surface area contributed by atoms with Crippen LogP contribution in [0.3, 0.4) is 0 Å². The normalized spacial score (nSPS) is 10.7. The number of likely N-dealkylation sites (N-methyl/N-ethyl adjacent to an activating group) is 1. The van der Waals surface area contributed by atoms with Gasteiger partial charge in [-0.25, -0.2) is 9.97 Å². The van der Waals surface area contributed by atoms with Gasteiger partial charge in [0.2, 0.25) is 0 Å². The zero-order valence-corrected chi connectivity index (χ0v) is 14.8. The zero-order chi connectivity index (χ0) is 17.5. The number of rotatable bonds is 7. The Balaban J connectivity index is 2.29. The molecule has 0 saturated carbocycles. The van der Waals surface area contributed by atoms with Gasteiger partial charge < -0.3 is 15.1 Å². The molecule has 6 heteroatoms. The fourth-order valence-electron chi connectivity index (χ4n) is 2.19. The fourth-order valence-corrected chi connectivity index (χ4v) is 2.19. The number of nitrogens with one attached hydrogen (secondary N) is 1. The summed E-state index contributed by atoms with van der Waals surface area (Å²) in [5.74, 6) is 1.12. The summed E-state index contributed by atoms with van der Waals surface area (Å²) in [6.07, 6.45) is 1.61. The van der Waals surface area contributed by atoms with Gasteiger partial charge in [-0.1, -0.05) is 30.3 Å². The van der Waals surface area contributed by atoms with Crippen LogP contribution in [0.1, 0.15) is 17.3 Å². The lowest BCUT2D eigenvalue weighted by molar-refractivity contribution is 0.0951. The number of anilines is 1. The molecule has 24 heavy (non-hydrogen) atoms. The lowest BCUT2D eigenvalue weighted by Gasteiger charge is -2.20. The van der Waals surface area contributed by atoms with Crippen LogP contribution in [0.4, 0.5) is 5.82 Å². The fraction of sp³-hybridized carbons (Fsp3) is 0.389. The molecule has 0 radical (unpaired) electrons. The Morgan fingerprint density at radius 2 is 1.88 bits per heavy atom. The van der Waals surface area contributed by atoms with Crippen molar-refractivity contribution in [1.82, 2.24) is 20.2 Å². The van der Waals surface area contributed by atoms with Crippen molar-refractivity contribution in [3.05, 3.63) is 42.1 Å². The second kappa shape index (κ2) is 8.40. The van der Waals surface area contributed by atoms with Crippen LogP contribution in [0.15, 0.2) is 36.5 Å². The molecule has 1 N–H and O–H groups in total. The Morgan fingerprint density at radius 3 is 2.50 bits per heavy atom. The topological polar surface area (TPSA) is 61.4 Å². The van der Waals surface area contributed by atoms with Gasteiger partial charge in [0.25, 0.3) is 5.91 Å². The monoisotopic (exact) mass is 327 g/mol. The number of hydrogen-bond donors (Lipinski definition) is 1. The van der Waals surface area contributed by atoms with Gasteiger partial charge in [-0.05, 0) is 21.0 Å². The van der Waals surface area contributed by atoms with E-state index in [2.05, 4.69) is 15.3 Å². The van der Waals surface area contributed by atoms with E-state index in [9.17, 15) is 4.79 Å². The largest absolute Gasteiger partial charge is 0.359 e. The molecule has 1 aromatic heterocycles. The smallest absolute Gasteiger partial charge is 0.256 e. The lowest BCUT2D eigenvalue weighted by atomic mass is 10.2. The van der Waals surface area contributed by atoms with E-state index in [-0.39, 0.29) is 5.91 Å². The maximum atomic E-state index is 12.5. The van der Waals surface area contributed by atoms with Gasteiger partial charge in [-0.15, -0.1) is 0 Å². The maximum absolute atomic E-state index is 12.5. The molecule has 0 spiro atoms. The summed E-state index contributed by atoms with van der Waals surface area (Å²) in [5.41, 5.74) is 1.43. The van der Waals surface area contributed by atoms with Gasteiger partial charge >= 0.3 is 0 Å². The molecule has 0 bridgehead atoms. The first-order chi connectivity index (χ1) is 11.5. The van der Waals surface area contributed by atoms with Gasteiger partial charge in [0.05, 0.1) is 0 Å². The molecule has 0 aliphatic heterocycles. The summed E-state index contributed by atoms with van der Waals surface area (Å²) >= 11 is 0. The van der Waals surface area contributed by atoms with Crippen LogP contribution in [0.2, 0.25) is 0 Å². The molecule has 0 atom stereocenters. The van der Waals surface area contributed by atoms with Crippen molar-refractivity contribution in [1.29, 1.82) is 0 Å². The van der Waals surface area contributed by atoms with Crippen LogP contribution in [0.5, 0.6) is 0 Å². The van der Waals surface area contributed by atoms with Crippen molar-refractivity contribution >= 4 is 11.7 Å². The molecule has 0 unspecified atom stereocenters. The van der Waals surface area contributed by atoms with Gasteiger partial charge in [0.1, 0.15) is 11.4 Å². The predicted molar refractivity (Wildman–Crippen MR) is 97.3 cm³/mol. The van der Waals surface area contributed by atoms with E-state index in [4.69, 9.17) is 0 Å². The SMILES string of the molecule is CCN(C)c1nc(-c2ccccc2)ncc1C(=O)NCCN(C)C. The van der Waals surface area contributed by atoms with Gasteiger partial charge in [0.15, 0.2) is 5.82 Å². The van der Waals surface area contributed by atoms with Crippen LogP contribution in [0.25, 0.3) is 11.4 Å². The lowest BCUT2D eigenvalue weighted by Crippen LogP contribution is -2.33. The van der Waals surface area contributed by atoms with Crippen molar-refractivity contribution in [2.75, 3.05) is 45.7 Å². The molecule has 6 nitrogen and oxygen atoms in total. The minimum absolute atomic E-state index is 0.147. The summed E-state index contributed by atoms with van der Waals surface area (Å²) in [4.78, 5) is 25.5. The molecule has 128 valence electrons. The number of carbonyl (C=O) groups excluding carboxylic acids is 1. The van der Waals surface area contributed by atoms with Crippen molar-refractivity contribution in [3.63, 3.8) is 0 Å². The Labute approximate surface area is 143 Å². The van der Waals surface area contributed by atoms with Crippen LogP contribution in [-0.2, 0) is 0 Å². The molecular formula is C18H25N5O. The highest BCUT2D eigenvalue weighted by Crippen LogP contribution is 2.21. The summed E-state index contributed by atoms with van der Waals surface area (Å²) in [5, 5.41) is 2.92. The van der Waals surface area contributed by atoms with Crippen molar-refractivity contribution < 1.29 is 4.79 Å². The summed E-state index contributed by atoms with van der Waals surface area (Å²) in [6.45, 7) is 4.15. The first-order valence-electron chi connectivity index (χ1n) is 8.09. The third kappa shape index (κ3) is 4.52. The molecule has 2 aromatic rings. The quantitative estimate of drug-likeness (QED) is 0.841. The molecule has 2 rings (SSSR count). The summed E-state index contributed by atoms with van der Waals surface area (Å²) in [7, 11) is 5.87. The summed E-state index contributed by atoms with van der Waals surface area (Å²) < 4.78 is 0. The van der Waals surface area contributed by atoms with Crippen LogP contribution in [0, 0.1) is 0 Å². The number of carbonyl (C=O) groups is 1. The number of hydrogen-bond acceptors (Lipinski definition) is 5. The standard InChI is InChI=1S/C18H25N5O/c1-5-23(4)17-15(18(24)19-11-12-22(2)3)13-20-16(21-17)14-9-7-6-8-10-14/h6-10,13H,5,11-12H2,1-4H3,(H,19,24). The minimum Gasteiger partial charge on any atom is -0.359 e. The predicted octanol–water partition coefficient (Wildman–Crippen LogP) is 1.89. The third-order valence-electron chi connectivity index (χ3n) is 3.73. The zero-order valence-electron chi connectivity index (χ0n) is 14.8. The number of amides is 1. The van der Waals surface area contributed by atoms with Gasteiger partial charge in [-0.3, -0.25) is 4.79 Å². The highest BCUT2D eigenvalue weighted by atomic mass is 16.1. The van der Waals surface area contributed by atoms with Crippen molar-refractivity contribution in [3.8, 4) is 11.4 Å². The molecule has 1 aromatic carbocycles. The minimum atomic E-state index is -0.147. The van der Waals surface area contributed by atoms with Gasteiger partial charge in [0, 0.05) is 38.4 Å². The molecular weight excluding hydrogens is 302 g/mol. The first kappa shape index (κ1) is 17.9. The van der Waals surface area contributed by atoms with Crippen LogP contribution >= 0.6 is 0 Å². The molecule has 0 aliphatic rings. The Hall–Kier alpha value is -2.47. The number of aromatic nitrogens is 2. The highest BCUT2D eigenvalue weighted by Gasteiger charge is 2.17. The maximum Gasteiger partial charge on any atom is 0.256 e. The van der Waals surface area contributed by atoms with Crippen molar-refractivity contribution in [2.24, 2.45) is 0 Å². The van der Waals surface area contributed by atoms with E-state index in [1.54, 1.807) is 6.20 Å². The third-order valence-corrected chi connectivity index (χ3v) is 3.73. The van der Waals surface area contributed by atoms with Crippen molar-refractivity contribution in [2.45, 2.75) is 6.92 Å². The molecule has 0 saturated heterocycles. The summed E-state index contributed by atoms with van der Waals surface area (Å²) in [6, 6.07) is 9.77. The van der Waals surface area contributed by atoms with E-state index in [1.807, 2.05) is 68.2 Å². The molecule has 0 aliphatic carbocycles. The van der Waals surface area contributed by atoms with Crippen LogP contribution < -0.4 is 10.2 Å². The molecule has 1 amide bonds. The Kier molecular flexibility index (Phi) is 6.26. The van der Waals surface area contributed by atoms with Crippen LogP contribution in [-0.4, -0.2) is 61.6 Å². The second-order valence-corrected chi connectivity index (χ2v) is 5.87. The average Bonchev–Trinajstić information content (AvgIpc) is 2.60. The Bertz CT molecular complexity index is 672. The molecule has 0 fully saturated rings. The number of nitrogens with zero attached hydrogens (tertiary/aromatic N) is 4. The highest BCUT2D eigenvalue weighted by molar-refractivity contribution is 5.98. The van der Waals surface area contributed by atoms with E-state index in [0.717, 1.165) is 18.7 Å². The van der Waals surface area contributed by atoms with E-state index < -0.39 is 0 Å². The van der Waals surface area contributed by atoms with E-state index in [1.165, 1.54) is 0 Å². The van der Waals surface area contributed by atoms with E-state index >= 15 is 0 Å². The molecule has 1 heterocycles. The average molecular weight is 327 g/mol. The van der Waals surface area contributed by atoms with E-state index in [0.29, 0.717) is 23.8 Å². The second-order valence-electron chi connectivity index (χ2n) is 5.87. The van der Waals surface area contributed by atoms with Gasteiger partial charge in [-0.2, -0.15) is 0 Å². The Morgan fingerprint density at radius 1 is 1.17 bits per heavy atom.